The monoisotopic (exact) mass is 310 g/mol. The molecule has 0 aliphatic carbocycles. The molecule has 1 saturated heterocycles. The second-order valence-electron chi connectivity index (χ2n) is 5.80. The largest absolute Gasteiger partial charge is 0.469 e. The van der Waals surface area contributed by atoms with Crippen LogP contribution < -0.4 is 0 Å². The Morgan fingerprint density at radius 3 is 2.52 bits per heavy atom. The summed E-state index contributed by atoms with van der Waals surface area (Å²) in [5, 5.41) is 0. The minimum atomic E-state index is 0.0794. The van der Waals surface area contributed by atoms with Crippen LogP contribution in [0.2, 0.25) is 0 Å². The number of carbonyl (C=O) groups excluding carboxylic acids is 1. The standard InChI is InChI=1S/C19H22N2O2/c1-16-18(9-15-23-16)19(22)21-13-11-20(12-14-21)10-5-8-17-6-3-2-4-7-17/h2-9,15H,10-14H2,1H3/b8-5+. The molecule has 0 unspecified atom stereocenters. The highest BCUT2D eigenvalue weighted by molar-refractivity contribution is 5.95. The lowest BCUT2D eigenvalue weighted by Crippen LogP contribution is -2.48. The first-order chi connectivity index (χ1) is 11.2. The van der Waals surface area contributed by atoms with Crippen LogP contribution in [0.25, 0.3) is 6.08 Å². The van der Waals surface area contributed by atoms with Crippen molar-refractivity contribution in [2.24, 2.45) is 0 Å². The van der Waals surface area contributed by atoms with Crippen LogP contribution >= 0.6 is 0 Å². The molecule has 1 aliphatic heterocycles. The molecule has 2 heterocycles. The van der Waals surface area contributed by atoms with Gasteiger partial charge in [0.1, 0.15) is 5.76 Å². The van der Waals surface area contributed by atoms with Gasteiger partial charge in [0, 0.05) is 32.7 Å². The van der Waals surface area contributed by atoms with Crippen molar-refractivity contribution in [3.63, 3.8) is 0 Å². The number of amides is 1. The molecule has 1 aromatic heterocycles. The summed E-state index contributed by atoms with van der Waals surface area (Å²) in [7, 11) is 0. The number of benzene rings is 1. The lowest BCUT2D eigenvalue weighted by Gasteiger charge is -2.34. The predicted molar refractivity (Wildman–Crippen MR) is 91.3 cm³/mol. The normalized spacial score (nSPS) is 16.1. The topological polar surface area (TPSA) is 36.7 Å². The molecular formula is C19H22N2O2. The van der Waals surface area contributed by atoms with Gasteiger partial charge in [-0.05, 0) is 18.6 Å². The van der Waals surface area contributed by atoms with E-state index < -0.39 is 0 Å². The summed E-state index contributed by atoms with van der Waals surface area (Å²) in [6.45, 7) is 6.09. The minimum absolute atomic E-state index is 0.0794. The van der Waals surface area contributed by atoms with E-state index >= 15 is 0 Å². The molecule has 2 aromatic rings. The Labute approximate surface area is 137 Å². The number of rotatable bonds is 4. The van der Waals surface area contributed by atoms with E-state index in [2.05, 4.69) is 29.2 Å². The first-order valence-electron chi connectivity index (χ1n) is 8.01. The average molecular weight is 310 g/mol. The van der Waals surface area contributed by atoms with Crippen molar-refractivity contribution in [3.05, 3.63) is 65.6 Å². The average Bonchev–Trinajstić information content (AvgIpc) is 3.02. The van der Waals surface area contributed by atoms with Crippen LogP contribution in [0.5, 0.6) is 0 Å². The Balaban J connectivity index is 1.48. The quantitative estimate of drug-likeness (QED) is 0.871. The number of nitrogens with zero attached hydrogens (tertiary/aromatic N) is 2. The first kappa shape index (κ1) is 15.6. The summed E-state index contributed by atoms with van der Waals surface area (Å²) >= 11 is 0. The summed E-state index contributed by atoms with van der Waals surface area (Å²) in [5.74, 6) is 0.777. The van der Waals surface area contributed by atoms with Crippen molar-refractivity contribution >= 4 is 12.0 Å². The molecule has 0 saturated carbocycles. The molecular weight excluding hydrogens is 288 g/mol. The molecule has 1 aliphatic rings. The Hall–Kier alpha value is -2.33. The fourth-order valence-electron chi connectivity index (χ4n) is 2.81. The summed E-state index contributed by atoms with van der Waals surface area (Å²) in [6.07, 6.45) is 5.91. The van der Waals surface area contributed by atoms with E-state index in [1.807, 2.05) is 30.0 Å². The minimum Gasteiger partial charge on any atom is -0.469 e. The van der Waals surface area contributed by atoms with E-state index in [9.17, 15) is 4.79 Å². The highest BCUT2D eigenvalue weighted by Gasteiger charge is 2.23. The van der Waals surface area contributed by atoms with E-state index in [-0.39, 0.29) is 5.91 Å². The second kappa shape index (κ2) is 7.29. The number of hydrogen-bond acceptors (Lipinski definition) is 3. The first-order valence-corrected chi connectivity index (χ1v) is 8.01. The smallest absolute Gasteiger partial charge is 0.257 e. The van der Waals surface area contributed by atoms with E-state index in [0.29, 0.717) is 11.3 Å². The van der Waals surface area contributed by atoms with Crippen molar-refractivity contribution in [1.29, 1.82) is 0 Å². The van der Waals surface area contributed by atoms with Gasteiger partial charge in [-0.2, -0.15) is 0 Å². The van der Waals surface area contributed by atoms with E-state index in [1.165, 1.54) is 5.56 Å². The Kier molecular flexibility index (Phi) is 4.93. The lowest BCUT2D eigenvalue weighted by atomic mass is 10.2. The van der Waals surface area contributed by atoms with Gasteiger partial charge in [-0.15, -0.1) is 0 Å². The number of piperazine rings is 1. The SMILES string of the molecule is Cc1occc1C(=O)N1CCN(C/C=C/c2ccccc2)CC1. The van der Waals surface area contributed by atoms with E-state index in [1.54, 1.807) is 12.3 Å². The molecule has 0 atom stereocenters. The van der Waals surface area contributed by atoms with Crippen LogP contribution in [0, 0.1) is 6.92 Å². The molecule has 0 N–H and O–H groups in total. The Morgan fingerprint density at radius 1 is 1.13 bits per heavy atom. The molecule has 3 rings (SSSR count). The summed E-state index contributed by atoms with van der Waals surface area (Å²) in [5.41, 5.74) is 1.90. The third-order valence-electron chi connectivity index (χ3n) is 4.22. The third kappa shape index (κ3) is 3.90. The van der Waals surface area contributed by atoms with Gasteiger partial charge >= 0.3 is 0 Å². The van der Waals surface area contributed by atoms with Crippen molar-refractivity contribution in [1.82, 2.24) is 9.80 Å². The van der Waals surface area contributed by atoms with Gasteiger partial charge in [-0.25, -0.2) is 0 Å². The van der Waals surface area contributed by atoms with Crippen LogP contribution in [-0.4, -0.2) is 48.4 Å². The van der Waals surface area contributed by atoms with Crippen molar-refractivity contribution < 1.29 is 9.21 Å². The number of hydrogen-bond donors (Lipinski definition) is 0. The third-order valence-corrected chi connectivity index (χ3v) is 4.22. The molecule has 120 valence electrons. The fraction of sp³-hybridized carbons (Fsp3) is 0.316. The van der Waals surface area contributed by atoms with Crippen LogP contribution in [-0.2, 0) is 0 Å². The fourth-order valence-corrected chi connectivity index (χ4v) is 2.81. The van der Waals surface area contributed by atoms with Crippen LogP contribution in [0.1, 0.15) is 21.7 Å². The summed E-state index contributed by atoms with van der Waals surface area (Å²) in [4.78, 5) is 16.7. The maximum absolute atomic E-state index is 12.4. The van der Waals surface area contributed by atoms with Crippen LogP contribution in [0.4, 0.5) is 0 Å². The Bertz CT molecular complexity index is 668. The number of carbonyl (C=O) groups is 1. The van der Waals surface area contributed by atoms with Crippen molar-refractivity contribution in [2.45, 2.75) is 6.92 Å². The molecule has 23 heavy (non-hydrogen) atoms. The predicted octanol–water partition coefficient (Wildman–Crippen LogP) is 3.06. The molecule has 1 aromatic carbocycles. The van der Waals surface area contributed by atoms with Gasteiger partial charge in [0.25, 0.3) is 5.91 Å². The molecule has 0 bridgehead atoms. The van der Waals surface area contributed by atoms with Crippen molar-refractivity contribution in [2.75, 3.05) is 32.7 Å². The van der Waals surface area contributed by atoms with Gasteiger partial charge < -0.3 is 9.32 Å². The summed E-state index contributed by atoms with van der Waals surface area (Å²) in [6, 6.07) is 12.1. The summed E-state index contributed by atoms with van der Waals surface area (Å²) < 4.78 is 5.23. The molecule has 0 spiro atoms. The van der Waals surface area contributed by atoms with Crippen LogP contribution in [0.15, 0.2) is 53.2 Å². The Morgan fingerprint density at radius 2 is 1.87 bits per heavy atom. The highest BCUT2D eigenvalue weighted by atomic mass is 16.3. The molecule has 1 amide bonds. The molecule has 4 nitrogen and oxygen atoms in total. The highest BCUT2D eigenvalue weighted by Crippen LogP contribution is 2.14. The van der Waals surface area contributed by atoms with E-state index in [0.717, 1.165) is 32.7 Å². The van der Waals surface area contributed by atoms with Gasteiger partial charge in [0.05, 0.1) is 11.8 Å². The van der Waals surface area contributed by atoms with Crippen molar-refractivity contribution in [3.8, 4) is 0 Å². The maximum atomic E-state index is 12.4. The second-order valence-corrected chi connectivity index (χ2v) is 5.80. The molecule has 1 fully saturated rings. The molecule has 4 heteroatoms. The van der Waals surface area contributed by atoms with Gasteiger partial charge in [-0.1, -0.05) is 42.5 Å². The van der Waals surface area contributed by atoms with Crippen LogP contribution in [0.3, 0.4) is 0 Å². The van der Waals surface area contributed by atoms with Gasteiger partial charge in [0.2, 0.25) is 0 Å². The van der Waals surface area contributed by atoms with Gasteiger partial charge in [-0.3, -0.25) is 9.69 Å². The number of aryl methyl sites for hydroxylation is 1. The molecule has 0 radical (unpaired) electrons. The van der Waals surface area contributed by atoms with Gasteiger partial charge in [0.15, 0.2) is 0 Å². The zero-order chi connectivity index (χ0) is 16.1. The van der Waals surface area contributed by atoms with E-state index in [4.69, 9.17) is 4.42 Å². The number of furan rings is 1. The zero-order valence-electron chi connectivity index (χ0n) is 13.4. The maximum Gasteiger partial charge on any atom is 0.257 e. The lowest BCUT2D eigenvalue weighted by molar-refractivity contribution is 0.0648. The zero-order valence-corrected chi connectivity index (χ0v) is 13.4.